The van der Waals surface area contributed by atoms with E-state index in [4.69, 9.17) is 0 Å². The van der Waals surface area contributed by atoms with Crippen LogP contribution in [0.25, 0.3) is 5.82 Å². The molecule has 6 heteroatoms. The average Bonchev–Trinajstić information content (AvgIpc) is 2.90. The minimum atomic E-state index is -0.294. The summed E-state index contributed by atoms with van der Waals surface area (Å²) in [7, 11) is 0. The maximum Gasteiger partial charge on any atom is 0.272 e. The summed E-state index contributed by atoms with van der Waals surface area (Å²) in [6, 6.07) is 11.2. The van der Waals surface area contributed by atoms with Gasteiger partial charge in [-0.05, 0) is 44.2 Å². The number of rotatable bonds is 4. The highest BCUT2D eigenvalue weighted by Crippen LogP contribution is 2.17. The molecule has 0 unspecified atom stereocenters. The molecule has 0 spiro atoms. The first-order chi connectivity index (χ1) is 11.7. The number of nitrogens with one attached hydrogen (secondary N) is 1. The summed E-state index contributed by atoms with van der Waals surface area (Å²) in [6.07, 6.45) is 6.51. The monoisotopic (exact) mass is 319 g/mol. The Morgan fingerprint density at radius 2 is 2.08 bits per heavy atom. The fraction of sp³-hybridized carbons (Fsp3) is 0.111. The van der Waals surface area contributed by atoms with Crippen molar-refractivity contribution in [2.24, 2.45) is 5.10 Å². The van der Waals surface area contributed by atoms with Crippen molar-refractivity contribution < 1.29 is 4.79 Å². The summed E-state index contributed by atoms with van der Waals surface area (Å²) in [5.74, 6) is 0.560. The third-order valence-corrected chi connectivity index (χ3v) is 3.64. The number of nitrogens with zero attached hydrogens (tertiary/aromatic N) is 4. The molecular weight excluding hydrogens is 302 g/mol. The van der Waals surface area contributed by atoms with Crippen LogP contribution in [0.2, 0.25) is 0 Å². The van der Waals surface area contributed by atoms with Crippen molar-refractivity contribution in [1.82, 2.24) is 20.0 Å². The third-order valence-electron chi connectivity index (χ3n) is 3.64. The van der Waals surface area contributed by atoms with Gasteiger partial charge in [0.1, 0.15) is 5.82 Å². The molecule has 0 aliphatic heterocycles. The normalized spacial score (nSPS) is 10.9. The molecule has 0 aromatic carbocycles. The van der Waals surface area contributed by atoms with Crippen LogP contribution in [0, 0.1) is 13.8 Å². The van der Waals surface area contributed by atoms with Crippen molar-refractivity contribution in [3.05, 3.63) is 77.5 Å². The Kier molecular flexibility index (Phi) is 4.47. The van der Waals surface area contributed by atoms with Crippen LogP contribution in [0.3, 0.4) is 0 Å². The molecule has 0 radical (unpaired) electrons. The van der Waals surface area contributed by atoms with Gasteiger partial charge in [-0.25, -0.2) is 10.4 Å². The van der Waals surface area contributed by atoms with Crippen LogP contribution in [-0.4, -0.2) is 26.7 Å². The van der Waals surface area contributed by atoms with Gasteiger partial charge in [0.25, 0.3) is 5.91 Å². The van der Waals surface area contributed by atoms with E-state index >= 15 is 0 Å². The van der Waals surface area contributed by atoms with Crippen molar-refractivity contribution in [2.75, 3.05) is 0 Å². The molecular formula is C18H17N5O. The number of pyridine rings is 2. The first kappa shape index (κ1) is 15.6. The molecule has 0 saturated heterocycles. The Bertz CT molecular complexity index is 869. The summed E-state index contributed by atoms with van der Waals surface area (Å²) in [6.45, 7) is 4.00. The quantitative estimate of drug-likeness (QED) is 0.593. The second-order valence-corrected chi connectivity index (χ2v) is 5.29. The Balaban J connectivity index is 1.78. The number of hydrogen-bond donors (Lipinski definition) is 1. The molecule has 3 aromatic rings. The smallest absolute Gasteiger partial charge is 0.272 e. The van der Waals surface area contributed by atoms with E-state index in [0.717, 1.165) is 22.8 Å². The van der Waals surface area contributed by atoms with Gasteiger partial charge in [-0.15, -0.1) is 0 Å². The van der Waals surface area contributed by atoms with E-state index in [2.05, 4.69) is 20.5 Å². The molecule has 0 fully saturated rings. The van der Waals surface area contributed by atoms with Crippen LogP contribution in [0.4, 0.5) is 0 Å². The fourth-order valence-electron chi connectivity index (χ4n) is 2.48. The number of carbonyl (C=O) groups is 1. The predicted molar refractivity (Wildman–Crippen MR) is 92.3 cm³/mol. The summed E-state index contributed by atoms with van der Waals surface area (Å²) < 4.78 is 2.05. The maximum absolute atomic E-state index is 11.9. The number of aryl methyl sites for hydroxylation is 1. The number of aromatic nitrogens is 3. The van der Waals surface area contributed by atoms with Gasteiger partial charge in [0.05, 0.1) is 11.8 Å². The molecule has 0 bridgehead atoms. The number of hydrogen-bond acceptors (Lipinski definition) is 4. The molecule has 6 nitrogen and oxygen atoms in total. The first-order valence-corrected chi connectivity index (χ1v) is 7.50. The largest absolute Gasteiger partial charge is 0.303 e. The SMILES string of the molecule is Cc1cc(/C=N/NC(=O)c2cccnc2)c(C)n1-c1ccccn1. The van der Waals surface area contributed by atoms with Crippen LogP contribution >= 0.6 is 0 Å². The molecule has 0 atom stereocenters. The van der Waals surface area contributed by atoms with E-state index in [9.17, 15) is 4.79 Å². The highest BCUT2D eigenvalue weighted by Gasteiger charge is 2.10. The van der Waals surface area contributed by atoms with Gasteiger partial charge in [-0.1, -0.05) is 6.07 Å². The van der Waals surface area contributed by atoms with Gasteiger partial charge in [0.15, 0.2) is 0 Å². The van der Waals surface area contributed by atoms with E-state index < -0.39 is 0 Å². The van der Waals surface area contributed by atoms with E-state index in [1.54, 1.807) is 30.7 Å². The van der Waals surface area contributed by atoms with Gasteiger partial charge < -0.3 is 4.57 Å². The molecule has 0 aliphatic rings. The Labute approximate surface area is 139 Å². The van der Waals surface area contributed by atoms with E-state index in [0.29, 0.717) is 5.56 Å². The lowest BCUT2D eigenvalue weighted by Gasteiger charge is -2.07. The van der Waals surface area contributed by atoms with Gasteiger partial charge in [-0.2, -0.15) is 5.10 Å². The lowest BCUT2D eigenvalue weighted by atomic mass is 10.2. The van der Waals surface area contributed by atoms with E-state index in [1.807, 2.05) is 42.7 Å². The van der Waals surface area contributed by atoms with Crippen molar-refractivity contribution in [1.29, 1.82) is 0 Å². The van der Waals surface area contributed by atoms with Gasteiger partial charge in [0.2, 0.25) is 0 Å². The van der Waals surface area contributed by atoms with Crippen LogP contribution in [0.5, 0.6) is 0 Å². The summed E-state index contributed by atoms with van der Waals surface area (Å²) >= 11 is 0. The van der Waals surface area contributed by atoms with Gasteiger partial charge in [-0.3, -0.25) is 9.78 Å². The van der Waals surface area contributed by atoms with E-state index in [-0.39, 0.29) is 5.91 Å². The minimum Gasteiger partial charge on any atom is -0.303 e. The number of hydrazone groups is 1. The molecule has 3 aromatic heterocycles. The third kappa shape index (κ3) is 3.22. The molecule has 1 N–H and O–H groups in total. The zero-order valence-electron chi connectivity index (χ0n) is 13.5. The van der Waals surface area contributed by atoms with E-state index in [1.165, 1.54) is 6.20 Å². The zero-order chi connectivity index (χ0) is 16.9. The second kappa shape index (κ2) is 6.87. The average molecular weight is 319 g/mol. The molecule has 120 valence electrons. The Hall–Kier alpha value is -3.28. The van der Waals surface area contributed by atoms with Crippen LogP contribution < -0.4 is 5.43 Å². The van der Waals surface area contributed by atoms with Crippen molar-refractivity contribution in [3.63, 3.8) is 0 Å². The Morgan fingerprint density at radius 1 is 1.21 bits per heavy atom. The summed E-state index contributed by atoms with van der Waals surface area (Å²) in [5, 5.41) is 4.04. The summed E-state index contributed by atoms with van der Waals surface area (Å²) in [4.78, 5) is 20.2. The highest BCUT2D eigenvalue weighted by atomic mass is 16.2. The zero-order valence-corrected chi connectivity index (χ0v) is 13.5. The molecule has 1 amide bonds. The summed E-state index contributed by atoms with van der Waals surface area (Å²) in [5.41, 5.74) is 5.95. The molecule has 3 heterocycles. The molecule has 0 aliphatic carbocycles. The van der Waals surface area contributed by atoms with Crippen LogP contribution in [0.15, 0.2) is 60.1 Å². The van der Waals surface area contributed by atoms with Crippen molar-refractivity contribution >= 4 is 12.1 Å². The molecule has 0 saturated carbocycles. The first-order valence-electron chi connectivity index (χ1n) is 7.50. The Morgan fingerprint density at radius 3 is 2.79 bits per heavy atom. The van der Waals surface area contributed by atoms with Crippen molar-refractivity contribution in [2.45, 2.75) is 13.8 Å². The highest BCUT2D eigenvalue weighted by molar-refractivity contribution is 5.94. The second-order valence-electron chi connectivity index (χ2n) is 5.29. The number of amides is 1. The van der Waals surface area contributed by atoms with Gasteiger partial charge in [0, 0.05) is 35.5 Å². The lowest BCUT2D eigenvalue weighted by Crippen LogP contribution is -2.17. The van der Waals surface area contributed by atoms with Crippen molar-refractivity contribution in [3.8, 4) is 5.82 Å². The molecule has 24 heavy (non-hydrogen) atoms. The maximum atomic E-state index is 11.9. The topological polar surface area (TPSA) is 72.2 Å². The molecule has 3 rings (SSSR count). The van der Waals surface area contributed by atoms with Crippen LogP contribution in [0.1, 0.15) is 27.3 Å². The lowest BCUT2D eigenvalue weighted by molar-refractivity contribution is 0.0955. The van der Waals surface area contributed by atoms with Crippen LogP contribution in [-0.2, 0) is 0 Å². The number of carbonyl (C=O) groups excluding carboxylic acids is 1. The standard InChI is InChI=1S/C18H17N5O/c1-13-10-16(14(2)23(13)17-7-3-4-9-20-17)12-21-22-18(24)15-6-5-8-19-11-15/h3-12H,1-2H3,(H,22,24)/b21-12+. The predicted octanol–water partition coefficient (Wildman–Crippen LogP) is 2.65. The fourth-order valence-corrected chi connectivity index (χ4v) is 2.48. The minimum absolute atomic E-state index is 0.294. The van der Waals surface area contributed by atoms with Gasteiger partial charge >= 0.3 is 0 Å².